The number of nitrogens with two attached hydrogens (primary N) is 1. The topological polar surface area (TPSA) is 128 Å². The Hall–Kier alpha value is -3.47. The van der Waals surface area contributed by atoms with Crippen molar-refractivity contribution < 1.29 is 14.3 Å². The zero-order valence-electron chi connectivity index (χ0n) is 17.8. The Kier molecular flexibility index (Phi) is 6.54. The minimum Gasteiger partial charge on any atom is -0.493 e. The molecule has 0 unspecified atom stereocenters. The summed E-state index contributed by atoms with van der Waals surface area (Å²) < 4.78 is 12.4. The first-order chi connectivity index (χ1) is 14.8. The largest absolute Gasteiger partial charge is 0.493 e. The lowest BCUT2D eigenvalue weighted by Gasteiger charge is -2.21. The van der Waals surface area contributed by atoms with E-state index in [4.69, 9.17) is 27.4 Å². The highest BCUT2D eigenvalue weighted by molar-refractivity contribution is 7.80. The van der Waals surface area contributed by atoms with Gasteiger partial charge in [-0.25, -0.2) is 19.4 Å². The van der Waals surface area contributed by atoms with Crippen molar-refractivity contribution in [2.45, 2.75) is 27.2 Å². The van der Waals surface area contributed by atoms with Crippen molar-refractivity contribution in [1.29, 1.82) is 0 Å². The van der Waals surface area contributed by atoms with Crippen molar-refractivity contribution in [1.82, 2.24) is 19.7 Å². The summed E-state index contributed by atoms with van der Waals surface area (Å²) in [4.78, 5) is 33.6. The highest BCUT2D eigenvalue weighted by atomic mass is 32.1. The number of H-pyrrole nitrogens is 1. The predicted octanol–water partition coefficient (Wildman–Crippen LogP) is 2.63. The lowest BCUT2D eigenvalue weighted by molar-refractivity contribution is 0.163. The average Bonchev–Trinajstić information content (AvgIpc) is 3.00. The number of aromatic nitrogens is 4. The van der Waals surface area contributed by atoms with Crippen molar-refractivity contribution in [2.24, 2.45) is 12.8 Å². The summed E-state index contributed by atoms with van der Waals surface area (Å²) in [5, 5.41) is 4.51. The highest BCUT2D eigenvalue weighted by Gasteiger charge is 2.23. The zero-order chi connectivity index (χ0) is 22.7. The van der Waals surface area contributed by atoms with Gasteiger partial charge in [-0.3, -0.25) is 4.79 Å². The molecule has 1 amide bonds. The number of fused-ring (bicyclic) bond motifs is 1. The van der Waals surface area contributed by atoms with E-state index < -0.39 is 6.09 Å². The Morgan fingerprint density at radius 3 is 2.74 bits per heavy atom. The third kappa shape index (κ3) is 4.36. The molecule has 1 aromatic carbocycles. The average molecular weight is 445 g/mol. The molecule has 2 heterocycles. The van der Waals surface area contributed by atoms with E-state index in [9.17, 15) is 9.59 Å². The Balaban J connectivity index is 2.21. The number of aryl methyl sites for hydroxylation is 2. The van der Waals surface area contributed by atoms with E-state index in [2.05, 4.69) is 15.1 Å². The summed E-state index contributed by atoms with van der Waals surface area (Å²) in [5.74, 6) is 0.749. The first kappa shape index (κ1) is 22.2. The molecule has 11 heteroatoms. The number of nitrogens with zero attached hydrogens (tertiary/aromatic N) is 4. The van der Waals surface area contributed by atoms with Gasteiger partial charge >= 0.3 is 6.09 Å². The number of benzene rings is 1. The number of nitrogens with one attached hydrogen (secondary N) is 1. The number of hydrogen-bond donors (Lipinski definition) is 2. The minimum absolute atomic E-state index is 0.161. The van der Waals surface area contributed by atoms with Gasteiger partial charge in [0.1, 0.15) is 17.0 Å². The quantitative estimate of drug-likeness (QED) is 0.555. The SMILES string of the molecule is CCCOc1ccc(N(C(=O)OCC)C(N)=S)cc1-c1nc2c(c(C)nn2C)c(=O)[nH]1. The van der Waals surface area contributed by atoms with E-state index in [0.717, 1.165) is 11.3 Å². The van der Waals surface area contributed by atoms with Crippen LogP contribution in [0.1, 0.15) is 26.0 Å². The molecule has 3 rings (SSSR count). The fourth-order valence-electron chi connectivity index (χ4n) is 3.16. The molecule has 0 saturated heterocycles. The van der Waals surface area contributed by atoms with E-state index in [-0.39, 0.29) is 23.1 Å². The van der Waals surface area contributed by atoms with Crippen LogP contribution in [0.2, 0.25) is 0 Å². The molecule has 0 aliphatic heterocycles. The predicted molar refractivity (Wildman–Crippen MR) is 121 cm³/mol. The summed E-state index contributed by atoms with van der Waals surface area (Å²) in [7, 11) is 1.71. The minimum atomic E-state index is -0.706. The molecule has 0 fully saturated rings. The lowest BCUT2D eigenvalue weighted by atomic mass is 10.1. The zero-order valence-corrected chi connectivity index (χ0v) is 18.6. The maximum absolute atomic E-state index is 12.7. The molecule has 2 aromatic heterocycles. The standard InChI is InChI=1S/C20H24N6O4S/c1-5-9-30-14-8-7-12(26(19(21)31)20(28)29-6-2)10-13(14)16-22-17-15(18(27)23-16)11(3)24-25(17)4/h7-8,10H,5-6,9H2,1-4H3,(H2,21,31)(H,22,23,27). The number of carbonyl (C=O) groups excluding carboxylic acids is 1. The molecule has 0 aliphatic carbocycles. The molecule has 0 spiro atoms. The number of ether oxygens (including phenoxy) is 2. The van der Waals surface area contributed by atoms with Crippen molar-refractivity contribution in [3.8, 4) is 17.1 Å². The van der Waals surface area contributed by atoms with Crippen LogP contribution in [-0.2, 0) is 11.8 Å². The van der Waals surface area contributed by atoms with Crippen LogP contribution in [0.15, 0.2) is 23.0 Å². The van der Waals surface area contributed by atoms with Crippen LogP contribution in [0, 0.1) is 6.92 Å². The van der Waals surface area contributed by atoms with E-state index in [1.165, 1.54) is 0 Å². The molecule has 164 valence electrons. The number of hydrogen-bond acceptors (Lipinski definition) is 7. The van der Waals surface area contributed by atoms with E-state index in [1.54, 1.807) is 43.8 Å². The van der Waals surface area contributed by atoms with Crippen molar-refractivity contribution in [3.63, 3.8) is 0 Å². The lowest BCUT2D eigenvalue weighted by Crippen LogP contribution is -2.41. The van der Waals surface area contributed by atoms with Crippen LogP contribution in [0.25, 0.3) is 22.4 Å². The molecule has 3 N–H and O–H groups in total. The Morgan fingerprint density at radius 2 is 2.10 bits per heavy atom. The second kappa shape index (κ2) is 9.13. The van der Waals surface area contributed by atoms with Gasteiger partial charge in [0.15, 0.2) is 10.8 Å². The highest BCUT2D eigenvalue weighted by Crippen LogP contribution is 2.33. The van der Waals surface area contributed by atoms with E-state index in [1.807, 2.05) is 6.92 Å². The molecule has 0 bridgehead atoms. The van der Waals surface area contributed by atoms with Gasteiger partial charge in [0.2, 0.25) is 0 Å². The van der Waals surface area contributed by atoms with Crippen LogP contribution in [-0.4, -0.2) is 44.2 Å². The van der Waals surface area contributed by atoms with E-state index >= 15 is 0 Å². The third-order valence-corrected chi connectivity index (χ3v) is 4.66. The second-order valence-electron chi connectivity index (χ2n) is 6.72. The Labute approximate surface area is 184 Å². The fourth-order valence-corrected chi connectivity index (χ4v) is 3.34. The molecule has 0 atom stereocenters. The molecule has 10 nitrogen and oxygen atoms in total. The number of amides is 1. The Bertz CT molecular complexity index is 1200. The van der Waals surface area contributed by atoms with Crippen molar-refractivity contribution in [3.05, 3.63) is 34.2 Å². The summed E-state index contributed by atoms with van der Waals surface area (Å²) in [5.41, 5.74) is 7.28. The monoisotopic (exact) mass is 444 g/mol. The van der Waals surface area contributed by atoms with Gasteiger partial charge in [-0.05, 0) is 50.7 Å². The molecule has 31 heavy (non-hydrogen) atoms. The fraction of sp³-hybridized carbons (Fsp3) is 0.350. The first-order valence-corrected chi connectivity index (χ1v) is 10.2. The van der Waals surface area contributed by atoms with Gasteiger partial charge in [0.05, 0.1) is 30.2 Å². The van der Waals surface area contributed by atoms with Gasteiger partial charge in [-0.1, -0.05) is 6.92 Å². The molecule has 0 aliphatic rings. The van der Waals surface area contributed by atoms with Crippen molar-refractivity contribution >= 4 is 40.1 Å². The molecule has 3 aromatic rings. The summed E-state index contributed by atoms with van der Waals surface area (Å²) in [6.45, 7) is 6.03. The van der Waals surface area contributed by atoms with E-state index in [0.29, 0.717) is 40.3 Å². The molecule has 0 saturated carbocycles. The maximum Gasteiger partial charge on any atom is 0.420 e. The van der Waals surface area contributed by atoms with Gasteiger partial charge < -0.3 is 20.2 Å². The van der Waals surface area contributed by atoms with Crippen LogP contribution < -0.4 is 20.9 Å². The van der Waals surface area contributed by atoms with Gasteiger partial charge in [-0.2, -0.15) is 5.10 Å². The summed E-state index contributed by atoms with van der Waals surface area (Å²) >= 11 is 5.04. The Morgan fingerprint density at radius 1 is 1.35 bits per heavy atom. The maximum atomic E-state index is 12.7. The molecule has 0 radical (unpaired) electrons. The normalized spacial score (nSPS) is 10.8. The van der Waals surface area contributed by atoms with Gasteiger partial charge in [0.25, 0.3) is 5.56 Å². The summed E-state index contributed by atoms with van der Waals surface area (Å²) in [6.07, 6.45) is 0.0785. The first-order valence-electron chi connectivity index (χ1n) is 9.75. The number of aromatic amines is 1. The van der Waals surface area contributed by atoms with Crippen molar-refractivity contribution in [2.75, 3.05) is 18.1 Å². The van der Waals surface area contributed by atoms with Crippen LogP contribution in [0.4, 0.5) is 10.5 Å². The van der Waals surface area contributed by atoms with Gasteiger partial charge in [0, 0.05) is 7.05 Å². The number of carbonyl (C=O) groups is 1. The number of thiocarbonyl (C=S) groups is 1. The third-order valence-electron chi connectivity index (χ3n) is 4.48. The van der Waals surface area contributed by atoms with Crippen LogP contribution in [0.3, 0.4) is 0 Å². The molecular weight excluding hydrogens is 420 g/mol. The van der Waals surface area contributed by atoms with Gasteiger partial charge in [-0.15, -0.1) is 0 Å². The van der Waals surface area contributed by atoms with Crippen LogP contribution >= 0.6 is 12.2 Å². The van der Waals surface area contributed by atoms with Crippen LogP contribution in [0.5, 0.6) is 5.75 Å². The smallest absolute Gasteiger partial charge is 0.420 e. The number of rotatable bonds is 6. The second-order valence-corrected chi connectivity index (χ2v) is 7.14. The molecular formula is C20H24N6O4S. The summed E-state index contributed by atoms with van der Waals surface area (Å²) in [6, 6.07) is 4.92. The number of anilines is 1.